The highest BCUT2D eigenvalue weighted by Crippen LogP contribution is 2.16. The topological polar surface area (TPSA) is 29.3 Å². The Morgan fingerprint density at radius 2 is 1.47 bits per heavy atom. The van der Waals surface area contributed by atoms with Gasteiger partial charge in [0.1, 0.15) is 41.3 Å². The minimum atomic E-state index is 0.631. The molecule has 0 radical (unpaired) electrons. The van der Waals surface area contributed by atoms with Crippen molar-refractivity contribution < 1.29 is 9.18 Å². The summed E-state index contributed by atoms with van der Waals surface area (Å²) >= 11 is 0. The second-order valence-corrected chi connectivity index (χ2v) is 7.03. The maximum Gasteiger partial charge on any atom is 0.122 e. The minimum Gasteiger partial charge on any atom is -0.330 e. The van der Waals surface area contributed by atoms with Crippen molar-refractivity contribution in [2.75, 3.05) is 61.9 Å². The van der Waals surface area contributed by atoms with Gasteiger partial charge in [0.05, 0.1) is 0 Å². The van der Waals surface area contributed by atoms with Gasteiger partial charge in [0, 0.05) is 12.5 Å². The van der Waals surface area contributed by atoms with E-state index < -0.39 is 0 Å². The first-order valence-electron chi connectivity index (χ1n) is 7.71. The zero-order valence-electron chi connectivity index (χ0n) is 14.4. The van der Waals surface area contributed by atoms with Gasteiger partial charge in [-0.05, 0) is 39.9 Å². The van der Waals surface area contributed by atoms with E-state index in [1.54, 1.807) is 0 Å². The van der Waals surface area contributed by atoms with Crippen molar-refractivity contribution in [3.8, 4) is 0 Å². The molecule has 0 heterocycles. The van der Waals surface area contributed by atoms with Crippen LogP contribution in [0.4, 0.5) is 0 Å². The van der Waals surface area contributed by atoms with E-state index in [-0.39, 0.29) is 0 Å². The van der Waals surface area contributed by atoms with Gasteiger partial charge in [0.25, 0.3) is 0 Å². The zero-order valence-corrected chi connectivity index (χ0v) is 14.4. The number of hydrogen-bond donors (Lipinski definition) is 1. The summed E-state index contributed by atoms with van der Waals surface area (Å²) in [7, 11) is 13.7. The molecule has 0 aliphatic carbocycles. The molecule has 19 heavy (non-hydrogen) atoms. The molecule has 0 aromatic carbocycles. The second kappa shape index (κ2) is 8.20. The quantitative estimate of drug-likeness (QED) is 0.483. The fourth-order valence-electron chi connectivity index (χ4n) is 2.66. The van der Waals surface area contributed by atoms with Gasteiger partial charge >= 0.3 is 0 Å². The highest BCUT2D eigenvalue weighted by molar-refractivity contribution is 4.66. The van der Waals surface area contributed by atoms with Crippen molar-refractivity contribution in [2.45, 2.75) is 38.6 Å². The van der Waals surface area contributed by atoms with Crippen LogP contribution in [0.3, 0.4) is 0 Å². The van der Waals surface area contributed by atoms with E-state index in [1.165, 1.54) is 32.4 Å². The van der Waals surface area contributed by atoms with E-state index in [0.29, 0.717) is 6.04 Å². The van der Waals surface area contributed by atoms with Crippen LogP contribution in [-0.2, 0) is 0 Å². The summed E-state index contributed by atoms with van der Waals surface area (Å²) < 4.78 is 2.11. The third kappa shape index (κ3) is 6.21. The van der Waals surface area contributed by atoms with Crippen LogP contribution >= 0.6 is 0 Å². The van der Waals surface area contributed by atoms with Crippen LogP contribution in [0.2, 0.25) is 0 Å². The van der Waals surface area contributed by atoms with Crippen molar-refractivity contribution in [1.29, 1.82) is 0 Å². The Morgan fingerprint density at radius 3 is 1.89 bits per heavy atom. The summed E-state index contributed by atoms with van der Waals surface area (Å²) in [6.45, 7) is 5.51. The Morgan fingerprint density at radius 1 is 0.947 bits per heavy atom. The second-order valence-electron chi connectivity index (χ2n) is 7.03. The van der Waals surface area contributed by atoms with Crippen LogP contribution in [0.15, 0.2) is 0 Å². The molecule has 0 aromatic heterocycles. The lowest BCUT2D eigenvalue weighted by Crippen LogP contribution is -2.65. The molecule has 0 aromatic rings. The minimum absolute atomic E-state index is 0.631. The molecule has 0 aliphatic rings. The number of quaternary nitrogens is 2. The van der Waals surface area contributed by atoms with Gasteiger partial charge in [-0.25, -0.2) is 0 Å². The maximum absolute atomic E-state index is 5.70. The Hall–Kier alpha value is -0.160. The van der Waals surface area contributed by atoms with Crippen molar-refractivity contribution in [3.63, 3.8) is 0 Å². The maximum atomic E-state index is 5.70. The van der Waals surface area contributed by atoms with E-state index in [9.17, 15) is 0 Å². The fraction of sp³-hybridized carbons (Fsp3) is 1.00. The van der Waals surface area contributed by atoms with Crippen LogP contribution < -0.4 is 5.73 Å². The van der Waals surface area contributed by atoms with E-state index >= 15 is 0 Å². The summed E-state index contributed by atoms with van der Waals surface area (Å²) in [5.41, 5.74) is 5.70. The molecule has 0 rings (SSSR count). The van der Waals surface area contributed by atoms with Gasteiger partial charge in [-0.15, -0.1) is 0 Å². The molecule has 0 spiro atoms. The van der Waals surface area contributed by atoms with Gasteiger partial charge in [0.2, 0.25) is 0 Å². The summed E-state index contributed by atoms with van der Waals surface area (Å²) in [6, 6.07) is 0.631. The highest BCUT2D eigenvalue weighted by Gasteiger charge is 2.34. The van der Waals surface area contributed by atoms with Crippen LogP contribution in [0.1, 0.15) is 32.6 Å². The lowest BCUT2D eigenvalue weighted by molar-refractivity contribution is -1.47. The lowest BCUT2D eigenvalue weighted by Gasteiger charge is -2.44. The smallest absolute Gasteiger partial charge is 0.122 e. The molecule has 0 bridgehead atoms. The molecule has 0 fully saturated rings. The zero-order chi connectivity index (χ0) is 15.1. The summed E-state index contributed by atoms with van der Waals surface area (Å²) in [6.07, 6.45) is 4.86. The molecule has 4 nitrogen and oxygen atoms in total. The van der Waals surface area contributed by atoms with Crippen LogP contribution in [-0.4, -0.2) is 82.0 Å². The van der Waals surface area contributed by atoms with Crippen LogP contribution in [0, 0.1) is 0 Å². The van der Waals surface area contributed by atoms with Crippen molar-refractivity contribution >= 4 is 0 Å². The number of rotatable bonds is 10. The van der Waals surface area contributed by atoms with Crippen LogP contribution in [0.5, 0.6) is 0 Å². The summed E-state index contributed by atoms with van der Waals surface area (Å²) in [5.74, 6) is 0. The van der Waals surface area contributed by atoms with Crippen LogP contribution in [0.25, 0.3) is 0 Å². The van der Waals surface area contributed by atoms with Crippen molar-refractivity contribution in [1.82, 2.24) is 4.90 Å². The summed E-state index contributed by atoms with van der Waals surface area (Å²) in [5, 5.41) is 0. The van der Waals surface area contributed by atoms with E-state index in [4.69, 9.17) is 5.73 Å². The van der Waals surface area contributed by atoms with Gasteiger partial charge in [-0.3, -0.25) is 0 Å². The molecule has 116 valence electrons. The van der Waals surface area contributed by atoms with Gasteiger partial charge in [0.15, 0.2) is 0 Å². The molecule has 2 N–H and O–H groups in total. The third-order valence-electron chi connectivity index (χ3n) is 4.71. The molecule has 0 saturated heterocycles. The average Bonchev–Trinajstić information content (AvgIpc) is 2.27. The Balaban J connectivity index is 4.30. The predicted molar refractivity (Wildman–Crippen MR) is 84.6 cm³/mol. The molecular formula is C15H38N4+2. The molecule has 0 saturated carbocycles. The van der Waals surface area contributed by atoms with E-state index in [0.717, 1.165) is 22.1 Å². The number of nitrogens with two attached hydrogens (primary N) is 1. The third-order valence-corrected chi connectivity index (χ3v) is 4.71. The first-order valence-corrected chi connectivity index (χ1v) is 7.71. The molecule has 4 heteroatoms. The Bertz CT molecular complexity index is 236. The predicted octanol–water partition coefficient (Wildman–Crippen LogP) is 1.52. The normalized spacial score (nSPS) is 15.0. The molecule has 0 amide bonds. The average molecular weight is 274 g/mol. The Kier molecular flexibility index (Phi) is 8.13. The molecule has 0 aliphatic heterocycles. The Labute approximate surface area is 121 Å². The number of hydrogen-bond acceptors (Lipinski definition) is 2. The monoisotopic (exact) mass is 274 g/mol. The van der Waals surface area contributed by atoms with E-state index in [2.05, 4.69) is 54.1 Å². The summed E-state index contributed by atoms with van der Waals surface area (Å²) in [4.78, 5) is 2.32. The molecular weight excluding hydrogens is 236 g/mol. The van der Waals surface area contributed by atoms with E-state index in [1.807, 2.05) is 0 Å². The largest absolute Gasteiger partial charge is 0.330 e. The standard InChI is InChI=1S/C15H38N4/c1-8-13-18(4,5)19(6,7)14-9-10-15(11-12-16)17(2)3/h15H,8-14,16H2,1-7H3/q+2. The molecule has 1 unspecified atom stereocenters. The van der Waals surface area contributed by atoms with Crippen molar-refractivity contribution in [2.24, 2.45) is 5.73 Å². The van der Waals surface area contributed by atoms with Gasteiger partial charge in [-0.1, -0.05) is 6.92 Å². The SMILES string of the molecule is CCC[N+](C)(C)[N+](C)(C)CCCC(CCN)N(C)C. The highest BCUT2D eigenvalue weighted by atomic mass is 15.8. The van der Waals surface area contributed by atoms with Gasteiger partial charge in [-0.2, -0.15) is 9.18 Å². The van der Waals surface area contributed by atoms with Gasteiger partial charge < -0.3 is 10.6 Å². The van der Waals surface area contributed by atoms with Crippen molar-refractivity contribution in [3.05, 3.63) is 0 Å². The first kappa shape index (κ1) is 18.8. The fourth-order valence-corrected chi connectivity index (χ4v) is 2.66. The lowest BCUT2D eigenvalue weighted by atomic mass is 10.1. The first-order chi connectivity index (χ1) is 8.68. The molecule has 1 atom stereocenters. The number of nitrogens with zero attached hydrogens (tertiary/aromatic N) is 3.